The Balaban J connectivity index is 1.76. The average molecular weight is 302 g/mol. The molecule has 0 bridgehead atoms. The molecule has 22 heavy (non-hydrogen) atoms. The minimum atomic E-state index is -0.125. The van der Waals surface area contributed by atoms with Crippen LogP contribution in [0.1, 0.15) is 66.7 Å². The van der Waals surface area contributed by atoms with Crippen LogP contribution in [0.25, 0.3) is 0 Å². The Bertz CT molecular complexity index is 562. The summed E-state index contributed by atoms with van der Waals surface area (Å²) in [5.41, 5.74) is 1.69. The Hall–Kier alpha value is -0.630. The number of allylic oxidation sites excluding steroid dienone is 2. The van der Waals surface area contributed by atoms with Crippen LogP contribution in [-0.2, 0) is 9.53 Å². The van der Waals surface area contributed by atoms with Gasteiger partial charge in [-0.15, -0.1) is 0 Å². The highest BCUT2D eigenvalue weighted by atomic mass is 16.6. The zero-order valence-electron chi connectivity index (χ0n) is 14.7. The Labute approximate surface area is 134 Å². The van der Waals surface area contributed by atoms with Crippen LogP contribution in [0.3, 0.4) is 0 Å². The minimum absolute atomic E-state index is 0.111. The molecule has 1 saturated heterocycles. The fourth-order valence-electron chi connectivity index (χ4n) is 5.99. The molecule has 0 aromatic heterocycles. The van der Waals surface area contributed by atoms with E-state index in [1.54, 1.807) is 5.57 Å². The lowest BCUT2D eigenvalue weighted by Gasteiger charge is -2.52. The Morgan fingerprint density at radius 3 is 2.68 bits per heavy atom. The number of hydrogen-bond donors (Lipinski definition) is 0. The first-order chi connectivity index (χ1) is 10.2. The number of carbonyl (C=O) groups excluding carboxylic acids is 1. The van der Waals surface area contributed by atoms with Gasteiger partial charge in [0.2, 0.25) is 0 Å². The summed E-state index contributed by atoms with van der Waals surface area (Å²) in [7, 11) is 0. The van der Waals surface area contributed by atoms with E-state index in [-0.39, 0.29) is 16.4 Å². The molecule has 1 heterocycles. The van der Waals surface area contributed by atoms with Crippen molar-refractivity contribution in [1.29, 1.82) is 0 Å². The van der Waals surface area contributed by atoms with Crippen molar-refractivity contribution in [1.82, 2.24) is 0 Å². The number of ether oxygens (including phenoxy) is 1. The predicted octanol–water partition coefficient (Wildman–Crippen LogP) is 4.53. The van der Waals surface area contributed by atoms with Crippen LogP contribution < -0.4 is 0 Å². The third-order valence-electron chi connectivity index (χ3n) is 7.61. The second kappa shape index (κ2) is 4.26. The van der Waals surface area contributed by atoms with E-state index in [9.17, 15) is 4.79 Å². The number of Topliss-reactive ketones (excluding diaryl/α,β-unsaturated/α-hetero) is 1. The highest BCUT2D eigenvalue weighted by Gasteiger charge is 2.65. The van der Waals surface area contributed by atoms with Crippen LogP contribution in [0.4, 0.5) is 0 Å². The maximum Gasteiger partial charge on any atom is 0.140 e. The second-order valence-electron chi connectivity index (χ2n) is 9.48. The molecule has 0 spiro atoms. The van der Waals surface area contributed by atoms with Gasteiger partial charge in [-0.2, -0.15) is 0 Å². The van der Waals surface area contributed by atoms with Crippen LogP contribution in [0, 0.1) is 28.6 Å². The molecule has 3 aliphatic carbocycles. The number of ketones is 1. The molecule has 0 aromatic rings. The Kier molecular flexibility index (Phi) is 2.89. The molecule has 4 aliphatic rings. The van der Waals surface area contributed by atoms with E-state index in [0.717, 1.165) is 19.3 Å². The van der Waals surface area contributed by atoms with Crippen LogP contribution in [0.15, 0.2) is 11.6 Å². The minimum Gasteiger partial charge on any atom is -0.366 e. The predicted molar refractivity (Wildman–Crippen MR) is 87.5 cm³/mol. The molecule has 0 aromatic carbocycles. The molecule has 6 atom stereocenters. The molecule has 2 nitrogen and oxygen atoms in total. The summed E-state index contributed by atoms with van der Waals surface area (Å²) in [4.78, 5) is 13.1. The van der Waals surface area contributed by atoms with Crippen molar-refractivity contribution in [3.8, 4) is 0 Å². The van der Waals surface area contributed by atoms with Gasteiger partial charge in [0.15, 0.2) is 0 Å². The lowest BCUT2D eigenvalue weighted by Crippen LogP contribution is -2.51. The molecular formula is C20H30O2. The van der Waals surface area contributed by atoms with Gasteiger partial charge in [0.05, 0.1) is 11.7 Å². The van der Waals surface area contributed by atoms with Gasteiger partial charge >= 0.3 is 0 Å². The van der Waals surface area contributed by atoms with Gasteiger partial charge in [-0.3, -0.25) is 4.79 Å². The van der Waals surface area contributed by atoms with Gasteiger partial charge in [-0.1, -0.05) is 39.3 Å². The summed E-state index contributed by atoms with van der Waals surface area (Å²) in [6.07, 6.45) is 8.01. The smallest absolute Gasteiger partial charge is 0.140 e. The number of epoxide rings is 1. The molecule has 0 radical (unpaired) electrons. The maximum atomic E-state index is 13.1. The number of rotatable bonds is 1. The van der Waals surface area contributed by atoms with Crippen molar-refractivity contribution in [2.75, 3.05) is 0 Å². The molecule has 2 saturated carbocycles. The first kappa shape index (κ1) is 14.9. The molecule has 1 aliphatic heterocycles. The number of fused-ring (bicyclic) bond motifs is 4. The summed E-state index contributed by atoms with van der Waals surface area (Å²) >= 11 is 0. The lowest BCUT2D eigenvalue weighted by molar-refractivity contribution is -0.143. The molecule has 3 fully saturated rings. The number of carbonyl (C=O) groups is 1. The van der Waals surface area contributed by atoms with E-state index in [0.29, 0.717) is 29.6 Å². The fraction of sp³-hybridized carbons (Fsp3) is 0.850. The average Bonchev–Trinajstić information content (AvgIpc) is 2.89. The Morgan fingerprint density at radius 2 is 2.00 bits per heavy atom. The van der Waals surface area contributed by atoms with E-state index >= 15 is 0 Å². The topological polar surface area (TPSA) is 29.6 Å². The number of hydrogen-bond acceptors (Lipinski definition) is 2. The highest BCUT2D eigenvalue weighted by molar-refractivity contribution is 5.88. The summed E-state index contributed by atoms with van der Waals surface area (Å²) in [5, 5.41) is 0. The van der Waals surface area contributed by atoms with Crippen LogP contribution in [0.2, 0.25) is 0 Å². The summed E-state index contributed by atoms with van der Waals surface area (Å²) in [5.74, 6) is 2.19. The van der Waals surface area contributed by atoms with Crippen LogP contribution in [-0.4, -0.2) is 17.5 Å². The van der Waals surface area contributed by atoms with E-state index in [4.69, 9.17) is 4.74 Å². The monoisotopic (exact) mass is 302 g/mol. The van der Waals surface area contributed by atoms with Gasteiger partial charge in [-0.25, -0.2) is 0 Å². The first-order valence-electron chi connectivity index (χ1n) is 9.11. The molecule has 122 valence electrons. The first-order valence-corrected chi connectivity index (χ1v) is 9.11. The van der Waals surface area contributed by atoms with Crippen molar-refractivity contribution in [2.45, 2.75) is 78.4 Å². The van der Waals surface area contributed by atoms with Crippen molar-refractivity contribution >= 4 is 5.78 Å². The fourth-order valence-corrected chi connectivity index (χ4v) is 5.99. The van der Waals surface area contributed by atoms with E-state index in [2.05, 4.69) is 40.7 Å². The van der Waals surface area contributed by atoms with E-state index in [1.165, 1.54) is 12.8 Å². The summed E-state index contributed by atoms with van der Waals surface area (Å²) in [6, 6.07) is 0. The quantitative estimate of drug-likeness (QED) is 0.526. The van der Waals surface area contributed by atoms with E-state index < -0.39 is 0 Å². The largest absolute Gasteiger partial charge is 0.366 e. The summed E-state index contributed by atoms with van der Waals surface area (Å²) in [6.45, 7) is 11.5. The molecule has 4 rings (SSSR count). The lowest BCUT2D eigenvalue weighted by atomic mass is 9.50. The highest BCUT2D eigenvalue weighted by Crippen LogP contribution is 2.65. The van der Waals surface area contributed by atoms with Crippen LogP contribution in [0.5, 0.6) is 0 Å². The van der Waals surface area contributed by atoms with Gasteiger partial charge in [0, 0.05) is 11.8 Å². The third-order valence-corrected chi connectivity index (χ3v) is 7.61. The maximum absolute atomic E-state index is 13.1. The van der Waals surface area contributed by atoms with E-state index in [1.807, 2.05) is 0 Å². The summed E-state index contributed by atoms with van der Waals surface area (Å²) < 4.78 is 5.98. The molecular weight excluding hydrogens is 272 g/mol. The van der Waals surface area contributed by atoms with Crippen molar-refractivity contribution in [3.05, 3.63) is 11.6 Å². The van der Waals surface area contributed by atoms with Crippen LogP contribution >= 0.6 is 0 Å². The normalized spacial score (nSPS) is 53.5. The van der Waals surface area contributed by atoms with Crippen molar-refractivity contribution in [3.63, 3.8) is 0 Å². The third kappa shape index (κ3) is 1.79. The SMILES string of the molecule is CC(C)C1=CC[C@]2(C)C(=O)C[C@@]3(C)C[C@H]4O[C@]4(C)CC[C@@H]3[C@H]12. The molecule has 0 unspecified atom stereocenters. The van der Waals surface area contributed by atoms with Crippen molar-refractivity contribution in [2.24, 2.45) is 28.6 Å². The van der Waals surface area contributed by atoms with Gasteiger partial charge in [0.1, 0.15) is 5.78 Å². The molecule has 0 amide bonds. The van der Waals surface area contributed by atoms with Gasteiger partial charge in [-0.05, 0) is 55.8 Å². The van der Waals surface area contributed by atoms with Gasteiger partial charge in [0.25, 0.3) is 0 Å². The zero-order chi connectivity index (χ0) is 15.9. The van der Waals surface area contributed by atoms with Crippen molar-refractivity contribution < 1.29 is 9.53 Å². The second-order valence-corrected chi connectivity index (χ2v) is 9.48. The zero-order valence-corrected chi connectivity index (χ0v) is 14.7. The molecule has 2 heteroatoms. The standard InChI is InChI=1S/C20H30O2/c1-12(2)13-6-8-19(4)15(21)10-18(3)11-16-20(5,22-16)9-7-14(18)17(13)19/h6,12,14,16-17H,7-11H2,1-5H3/t14-,16-,17+,18+,19-,20-/m1/s1. The Morgan fingerprint density at radius 1 is 1.27 bits per heavy atom. The van der Waals surface area contributed by atoms with Gasteiger partial charge < -0.3 is 4.74 Å². The molecule has 0 N–H and O–H groups in total.